The van der Waals surface area contributed by atoms with Crippen LogP contribution in [0.25, 0.3) is 0 Å². The Balaban J connectivity index is 0.000000222. The van der Waals surface area contributed by atoms with Crippen molar-refractivity contribution in [1.29, 1.82) is 0 Å². The van der Waals surface area contributed by atoms with Crippen LogP contribution in [-0.2, 0) is 0 Å². The lowest BCUT2D eigenvalue weighted by Crippen LogP contribution is -1.84. The fourth-order valence-electron chi connectivity index (χ4n) is 0.170. The summed E-state index contributed by atoms with van der Waals surface area (Å²) >= 11 is 0. The van der Waals surface area contributed by atoms with Crippen molar-refractivity contribution in [2.75, 3.05) is 5.73 Å². The summed E-state index contributed by atoms with van der Waals surface area (Å²) < 4.78 is 0. The Kier molecular flexibility index (Phi) is 3.47. The Morgan fingerprint density at radius 3 is 2.25 bits per heavy atom. The molecule has 0 aliphatic carbocycles. The van der Waals surface area contributed by atoms with Crippen molar-refractivity contribution in [3.63, 3.8) is 0 Å². The van der Waals surface area contributed by atoms with E-state index in [-0.39, 0.29) is 5.95 Å². The molecule has 0 aliphatic rings. The quantitative estimate of drug-likeness (QED) is 0.491. The number of aromatic nitrogens is 4. The van der Waals surface area contributed by atoms with E-state index in [1.165, 1.54) is 0 Å². The molecule has 0 atom stereocenters. The Hall–Kier alpha value is -1.13. The van der Waals surface area contributed by atoms with Crippen LogP contribution in [0.2, 0.25) is 0 Å². The number of tetrazole rings is 1. The second-order valence-corrected chi connectivity index (χ2v) is 0.770. The van der Waals surface area contributed by atoms with Gasteiger partial charge in [-0.2, -0.15) is 5.21 Å². The topological polar surface area (TPSA) is 80.5 Å². The molecule has 0 bridgehead atoms. The highest BCUT2D eigenvalue weighted by atomic mass is 15.5. The third-order valence-corrected chi connectivity index (χ3v) is 0.362. The predicted molar refractivity (Wildman–Crippen MR) is 29.9 cm³/mol. The Morgan fingerprint density at radius 2 is 2.12 bits per heavy atom. The second kappa shape index (κ2) is 4.04. The SMILES string of the molecule is CC.Nc1nn[nH]n1. The van der Waals surface area contributed by atoms with E-state index in [0.717, 1.165) is 0 Å². The third kappa shape index (κ3) is 2.12. The monoisotopic (exact) mass is 115 g/mol. The lowest BCUT2D eigenvalue weighted by Gasteiger charge is -1.62. The molecule has 3 N–H and O–H groups in total. The van der Waals surface area contributed by atoms with Crippen LogP contribution in [0.1, 0.15) is 13.8 Å². The molecule has 0 saturated carbocycles. The van der Waals surface area contributed by atoms with Gasteiger partial charge in [0.25, 0.3) is 5.95 Å². The number of nitrogens with two attached hydrogens (primary N) is 1. The van der Waals surface area contributed by atoms with Crippen molar-refractivity contribution in [2.45, 2.75) is 13.8 Å². The van der Waals surface area contributed by atoms with Gasteiger partial charge in [-0.1, -0.05) is 18.9 Å². The Morgan fingerprint density at radius 1 is 1.50 bits per heavy atom. The maximum Gasteiger partial charge on any atom is 0.260 e. The van der Waals surface area contributed by atoms with Crippen LogP contribution < -0.4 is 5.73 Å². The van der Waals surface area contributed by atoms with Gasteiger partial charge in [0.2, 0.25) is 0 Å². The molecule has 0 aromatic carbocycles. The normalized spacial score (nSPS) is 7.25. The third-order valence-electron chi connectivity index (χ3n) is 0.362. The van der Waals surface area contributed by atoms with E-state index in [4.69, 9.17) is 5.73 Å². The fraction of sp³-hybridized carbons (Fsp3) is 0.667. The molecule has 1 aromatic rings. The van der Waals surface area contributed by atoms with E-state index in [2.05, 4.69) is 20.6 Å². The van der Waals surface area contributed by atoms with Crippen molar-refractivity contribution in [1.82, 2.24) is 20.6 Å². The van der Waals surface area contributed by atoms with Gasteiger partial charge in [0, 0.05) is 0 Å². The lowest BCUT2D eigenvalue weighted by atomic mass is 11.0. The summed E-state index contributed by atoms with van der Waals surface area (Å²) in [6.07, 6.45) is 0. The van der Waals surface area contributed by atoms with Crippen molar-refractivity contribution in [3.05, 3.63) is 0 Å². The van der Waals surface area contributed by atoms with E-state index in [1.807, 2.05) is 13.8 Å². The molecule has 8 heavy (non-hydrogen) atoms. The van der Waals surface area contributed by atoms with Gasteiger partial charge in [0.05, 0.1) is 0 Å². The molecule has 0 unspecified atom stereocenters. The van der Waals surface area contributed by atoms with Gasteiger partial charge in [-0.3, -0.25) is 0 Å². The van der Waals surface area contributed by atoms with Crippen molar-refractivity contribution in [3.8, 4) is 0 Å². The number of hydrogen-bond donors (Lipinski definition) is 2. The first-order valence-electron chi connectivity index (χ1n) is 2.38. The molecule has 0 radical (unpaired) electrons. The zero-order valence-electron chi connectivity index (χ0n) is 4.92. The van der Waals surface area contributed by atoms with Crippen LogP contribution in [0.4, 0.5) is 5.95 Å². The van der Waals surface area contributed by atoms with E-state index >= 15 is 0 Å². The minimum atomic E-state index is 0.176. The standard InChI is InChI=1S/C2H6.CH3N5/c1-2;2-1-3-5-6-4-1/h1-2H3;(H3,2,3,4,5,6). The maximum absolute atomic E-state index is 4.96. The summed E-state index contributed by atoms with van der Waals surface area (Å²) in [6, 6.07) is 0. The highest BCUT2D eigenvalue weighted by Gasteiger charge is 1.78. The molecule has 5 heteroatoms. The van der Waals surface area contributed by atoms with Crippen LogP contribution in [0.5, 0.6) is 0 Å². The molecule has 1 rings (SSSR count). The number of anilines is 1. The molecule has 1 aromatic heterocycles. The second-order valence-electron chi connectivity index (χ2n) is 0.770. The van der Waals surface area contributed by atoms with E-state index < -0.39 is 0 Å². The first-order valence-corrected chi connectivity index (χ1v) is 2.38. The first-order chi connectivity index (χ1) is 3.89. The van der Waals surface area contributed by atoms with Gasteiger partial charge in [0.1, 0.15) is 0 Å². The van der Waals surface area contributed by atoms with Crippen LogP contribution >= 0.6 is 0 Å². The van der Waals surface area contributed by atoms with E-state index in [9.17, 15) is 0 Å². The Bertz CT molecular complexity index is 111. The molecule has 0 fully saturated rings. The number of aromatic amines is 1. The number of nitrogens with zero attached hydrogens (tertiary/aromatic N) is 3. The summed E-state index contributed by atoms with van der Waals surface area (Å²) in [6.45, 7) is 4.00. The zero-order valence-corrected chi connectivity index (χ0v) is 4.92. The largest absolute Gasteiger partial charge is 0.365 e. The van der Waals surface area contributed by atoms with Crippen LogP contribution in [0.15, 0.2) is 0 Å². The van der Waals surface area contributed by atoms with E-state index in [1.54, 1.807) is 0 Å². The zero-order chi connectivity index (χ0) is 6.41. The Labute approximate surface area is 47.3 Å². The summed E-state index contributed by atoms with van der Waals surface area (Å²) in [7, 11) is 0. The van der Waals surface area contributed by atoms with Gasteiger partial charge in [-0.05, 0) is 5.21 Å². The summed E-state index contributed by atoms with van der Waals surface area (Å²) in [4.78, 5) is 0. The molecular formula is C3H9N5. The number of rotatable bonds is 0. The average molecular weight is 115 g/mol. The predicted octanol–water partition coefficient (Wildman–Crippen LogP) is -0.192. The van der Waals surface area contributed by atoms with Crippen LogP contribution in [0, 0.1) is 0 Å². The molecule has 0 saturated heterocycles. The molecule has 5 nitrogen and oxygen atoms in total. The highest BCUT2D eigenvalue weighted by Crippen LogP contribution is 1.72. The lowest BCUT2D eigenvalue weighted by molar-refractivity contribution is 0.881. The van der Waals surface area contributed by atoms with Crippen molar-refractivity contribution < 1.29 is 0 Å². The molecule has 1 heterocycles. The molecule has 0 amide bonds. The summed E-state index contributed by atoms with van der Waals surface area (Å²) in [5, 5.41) is 12.0. The fourth-order valence-corrected chi connectivity index (χ4v) is 0.170. The van der Waals surface area contributed by atoms with Crippen molar-refractivity contribution in [2.24, 2.45) is 0 Å². The van der Waals surface area contributed by atoms with E-state index in [0.29, 0.717) is 0 Å². The number of nitrogens with one attached hydrogen (secondary N) is 1. The molecule has 0 aliphatic heterocycles. The smallest absolute Gasteiger partial charge is 0.260 e. The molecule has 46 valence electrons. The van der Waals surface area contributed by atoms with Gasteiger partial charge in [-0.25, -0.2) is 0 Å². The van der Waals surface area contributed by atoms with Gasteiger partial charge in [0.15, 0.2) is 0 Å². The van der Waals surface area contributed by atoms with Crippen LogP contribution in [0.3, 0.4) is 0 Å². The highest BCUT2D eigenvalue weighted by molar-refractivity contribution is 5.05. The average Bonchev–Trinajstić information content (AvgIpc) is 2.24. The molecular weight excluding hydrogens is 106 g/mol. The van der Waals surface area contributed by atoms with Gasteiger partial charge < -0.3 is 5.73 Å². The number of H-pyrrole nitrogens is 1. The number of hydrogen-bond acceptors (Lipinski definition) is 4. The first kappa shape index (κ1) is 6.87. The summed E-state index contributed by atoms with van der Waals surface area (Å²) in [5.41, 5.74) is 4.96. The molecule has 0 spiro atoms. The minimum Gasteiger partial charge on any atom is -0.365 e. The van der Waals surface area contributed by atoms with Crippen molar-refractivity contribution >= 4 is 5.95 Å². The van der Waals surface area contributed by atoms with Gasteiger partial charge in [-0.15, -0.1) is 5.10 Å². The van der Waals surface area contributed by atoms with Crippen LogP contribution in [-0.4, -0.2) is 20.6 Å². The number of nitrogen functional groups attached to an aromatic ring is 1. The maximum atomic E-state index is 4.96. The minimum absolute atomic E-state index is 0.176. The summed E-state index contributed by atoms with van der Waals surface area (Å²) in [5.74, 6) is 0.176. The van der Waals surface area contributed by atoms with Gasteiger partial charge >= 0.3 is 0 Å².